The van der Waals surface area contributed by atoms with Crippen LogP contribution in [-0.2, 0) is 14.4 Å². The van der Waals surface area contributed by atoms with Crippen LogP contribution in [0.15, 0.2) is 36.1 Å². The van der Waals surface area contributed by atoms with Crippen molar-refractivity contribution in [1.82, 2.24) is 4.90 Å². The summed E-state index contributed by atoms with van der Waals surface area (Å²) in [5.74, 6) is -1.40. The lowest BCUT2D eigenvalue weighted by Crippen LogP contribution is -2.16. The number of likely N-dealkylation sites (tertiary alicyclic amines) is 1. The normalized spacial score (nSPS) is 13.8. The number of nitrogens with zero attached hydrogens (tertiary/aromatic N) is 1. The summed E-state index contributed by atoms with van der Waals surface area (Å²) in [5, 5.41) is 16.9. The summed E-state index contributed by atoms with van der Waals surface area (Å²) in [6, 6.07) is 0. The van der Waals surface area contributed by atoms with Gasteiger partial charge < -0.3 is 15.1 Å². The smallest absolute Gasteiger partial charge is 0.330 e. The summed E-state index contributed by atoms with van der Waals surface area (Å²) in [6.45, 7) is 11.8. The number of carboxylic acids is 2. The zero-order valence-corrected chi connectivity index (χ0v) is 18.6. The third kappa shape index (κ3) is 17.5. The molecule has 1 fully saturated rings. The number of hydrogen-bond donors (Lipinski definition) is 2. The predicted octanol–water partition coefficient (Wildman–Crippen LogP) is 5.56. The Morgan fingerprint density at radius 2 is 1.45 bits per heavy atom. The fraction of sp³-hybridized carbons (Fsp3) is 0.609. The number of aliphatic carboxylic acids is 2. The molecule has 166 valence electrons. The van der Waals surface area contributed by atoms with Gasteiger partial charge >= 0.3 is 11.9 Å². The van der Waals surface area contributed by atoms with E-state index in [0.717, 1.165) is 45.1 Å². The van der Waals surface area contributed by atoms with Crippen LogP contribution in [0.5, 0.6) is 0 Å². The number of carbonyl (C=O) groups excluding carboxylic acids is 1. The minimum Gasteiger partial charge on any atom is -0.478 e. The van der Waals surface area contributed by atoms with Gasteiger partial charge in [0.05, 0.1) is 0 Å². The van der Waals surface area contributed by atoms with Crippen LogP contribution in [0.25, 0.3) is 0 Å². The standard InChI is InChI=1S/C9H16O2.C8H14O2.C6H9NO/c1-3-4-5-6-7-8(2)9(10)11;1-3-4-5-6-7(2)8(9)10;1-2-7-5-3-4-6(7)8/h7H,3-6H2,1-2H3,(H,10,11);6H,3-5H2,1-2H3,(H,9,10);2H,1,3-5H2. The number of amides is 1. The lowest BCUT2D eigenvalue weighted by molar-refractivity contribution is -0.133. The summed E-state index contributed by atoms with van der Waals surface area (Å²) >= 11 is 0. The molecule has 0 aromatic rings. The molecule has 6 heteroatoms. The Labute approximate surface area is 176 Å². The molecule has 0 aromatic carbocycles. The number of rotatable bonds is 10. The van der Waals surface area contributed by atoms with Gasteiger partial charge in [0.15, 0.2) is 0 Å². The van der Waals surface area contributed by atoms with Gasteiger partial charge in [-0.05, 0) is 45.7 Å². The molecule has 1 rings (SSSR count). The molecule has 0 radical (unpaired) electrons. The molecular formula is C23H39NO5. The van der Waals surface area contributed by atoms with Crippen LogP contribution in [-0.4, -0.2) is 39.5 Å². The molecule has 1 amide bonds. The van der Waals surface area contributed by atoms with Crippen molar-refractivity contribution in [3.8, 4) is 0 Å². The van der Waals surface area contributed by atoms with Crippen molar-refractivity contribution in [1.29, 1.82) is 0 Å². The maximum Gasteiger partial charge on any atom is 0.330 e. The molecule has 0 aliphatic carbocycles. The highest BCUT2D eigenvalue weighted by atomic mass is 16.4. The van der Waals surface area contributed by atoms with Gasteiger partial charge in [-0.1, -0.05) is 58.3 Å². The fourth-order valence-corrected chi connectivity index (χ4v) is 2.27. The first-order valence-corrected chi connectivity index (χ1v) is 10.4. The quantitative estimate of drug-likeness (QED) is 0.364. The Bertz CT molecular complexity index is 564. The first-order chi connectivity index (χ1) is 13.7. The van der Waals surface area contributed by atoms with Crippen LogP contribution in [0.1, 0.15) is 85.5 Å². The van der Waals surface area contributed by atoms with E-state index in [9.17, 15) is 14.4 Å². The Kier molecular flexibility index (Phi) is 18.9. The first kappa shape index (κ1) is 28.8. The minimum absolute atomic E-state index is 0.208. The van der Waals surface area contributed by atoms with Gasteiger partial charge in [-0.15, -0.1) is 0 Å². The van der Waals surface area contributed by atoms with Crippen LogP contribution in [0.2, 0.25) is 0 Å². The van der Waals surface area contributed by atoms with Crippen molar-refractivity contribution < 1.29 is 24.6 Å². The van der Waals surface area contributed by atoms with E-state index < -0.39 is 11.9 Å². The predicted molar refractivity (Wildman–Crippen MR) is 118 cm³/mol. The molecule has 29 heavy (non-hydrogen) atoms. The molecule has 1 aliphatic heterocycles. The second-order valence-corrected chi connectivity index (χ2v) is 6.90. The number of hydrogen-bond acceptors (Lipinski definition) is 3. The molecule has 1 heterocycles. The number of unbranched alkanes of at least 4 members (excludes halogenated alkanes) is 5. The summed E-state index contributed by atoms with van der Waals surface area (Å²) in [5.41, 5.74) is 0.912. The zero-order valence-electron chi connectivity index (χ0n) is 18.6. The molecule has 0 atom stereocenters. The van der Waals surface area contributed by atoms with E-state index in [2.05, 4.69) is 20.4 Å². The van der Waals surface area contributed by atoms with Crippen LogP contribution in [0.4, 0.5) is 0 Å². The monoisotopic (exact) mass is 409 g/mol. The Morgan fingerprint density at radius 1 is 0.966 bits per heavy atom. The maximum absolute atomic E-state index is 10.7. The van der Waals surface area contributed by atoms with Crippen LogP contribution < -0.4 is 0 Å². The maximum atomic E-state index is 10.7. The molecule has 0 bridgehead atoms. The molecule has 0 saturated carbocycles. The lowest BCUT2D eigenvalue weighted by atomic mass is 10.1. The highest BCUT2D eigenvalue weighted by Crippen LogP contribution is 2.08. The third-order valence-corrected chi connectivity index (χ3v) is 4.27. The van der Waals surface area contributed by atoms with E-state index in [4.69, 9.17) is 10.2 Å². The van der Waals surface area contributed by atoms with Crippen molar-refractivity contribution in [2.45, 2.75) is 85.5 Å². The molecule has 2 N–H and O–H groups in total. The van der Waals surface area contributed by atoms with Gasteiger partial charge in [-0.3, -0.25) is 4.79 Å². The fourth-order valence-electron chi connectivity index (χ4n) is 2.27. The molecular weight excluding hydrogens is 370 g/mol. The van der Waals surface area contributed by atoms with Crippen molar-refractivity contribution in [2.24, 2.45) is 0 Å². The summed E-state index contributed by atoms with van der Waals surface area (Å²) in [6.07, 6.45) is 14.3. The van der Waals surface area contributed by atoms with Crippen LogP contribution in [0, 0.1) is 0 Å². The van der Waals surface area contributed by atoms with Gasteiger partial charge in [-0.25, -0.2) is 9.59 Å². The second-order valence-electron chi connectivity index (χ2n) is 6.90. The summed E-state index contributed by atoms with van der Waals surface area (Å²) in [4.78, 5) is 32.8. The Hall–Kier alpha value is -2.37. The average molecular weight is 410 g/mol. The topological polar surface area (TPSA) is 94.9 Å². The van der Waals surface area contributed by atoms with Crippen LogP contribution in [0.3, 0.4) is 0 Å². The van der Waals surface area contributed by atoms with E-state index >= 15 is 0 Å². The first-order valence-electron chi connectivity index (χ1n) is 10.4. The summed E-state index contributed by atoms with van der Waals surface area (Å²) < 4.78 is 0. The number of allylic oxidation sites excluding steroid dienone is 2. The average Bonchev–Trinajstić information content (AvgIpc) is 3.11. The van der Waals surface area contributed by atoms with Gasteiger partial charge in [0.25, 0.3) is 0 Å². The van der Waals surface area contributed by atoms with Gasteiger partial charge in [-0.2, -0.15) is 0 Å². The largest absolute Gasteiger partial charge is 0.478 e. The summed E-state index contributed by atoms with van der Waals surface area (Å²) in [7, 11) is 0. The third-order valence-electron chi connectivity index (χ3n) is 4.27. The minimum atomic E-state index is -0.809. The number of carboxylic acid groups (broad SMARTS) is 2. The molecule has 1 aliphatic rings. The van der Waals surface area contributed by atoms with Crippen molar-refractivity contribution in [3.63, 3.8) is 0 Å². The molecule has 1 saturated heterocycles. The van der Waals surface area contributed by atoms with E-state index in [0.29, 0.717) is 17.6 Å². The zero-order chi connectivity index (χ0) is 22.7. The van der Waals surface area contributed by atoms with E-state index in [1.807, 2.05) is 0 Å². The van der Waals surface area contributed by atoms with Gasteiger partial charge in [0.1, 0.15) is 0 Å². The van der Waals surface area contributed by atoms with E-state index in [-0.39, 0.29) is 5.91 Å². The highest BCUT2D eigenvalue weighted by Gasteiger charge is 2.16. The number of carbonyl (C=O) groups is 3. The van der Waals surface area contributed by atoms with Crippen molar-refractivity contribution >= 4 is 17.8 Å². The van der Waals surface area contributed by atoms with E-state index in [1.165, 1.54) is 12.8 Å². The molecule has 0 unspecified atom stereocenters. The lowest BCUT2D eigenvalue weighted by Gasteiger charge is -2.05. The van der Waals surface area contributed by atoms with Gasteiger partial charge in [0.2, 0.25) is 5.91 Å². The molecule has 0 aromatic heterocycles. The highest BCUT2D eigenvalue weighted by molar-refractivity contribution is 5.86. The van der Waals surface area contributed by atoms with Crippen molar-refractivity contribution in [3.05, 3.63) is 36.1 Å². The SMILES string of the molecule is C=CN1CCCC1=O.CCCCC=C(C)C(=O)O.CCCCCC=C(C)C(=O)O. The Morgan fingerprint density at radius 3 is 1.76 bits per heavy atom. The second kappa shape index (κ2) is 19.0. The molecule has 6 nitrogen and oxygen atoms in total. The van der Waals surface area contributed by atoms with Crippen LogP contribution >= 0.6 is 0 Å². The van der Waals surface area contributed by atoms with Gasteiger partial charge in [0, 0.05) is 24.1 Å². The molecule has 0 spiro atoms. The Balaban J connectivity index is 0. The van der Waals surface area contributed by atoms with E-state index in [1.54, 1.807) is 37.1 Å². The van der Waals surface area contributed by atoms with Crippen molar-refractivity contribution in [2.75, 3.05) is 6.54 Å².